The van der Waals surface area contributed by atoms with Crippen molar-refractivity contribution in [1.29, 1.82) is 0 Å². The number of esters is 2. The zero-order valence-corrected chi connectivity index (χ0v) is 14.9. The van der Waals surface area contributed by atoms with Crippen LogP contribution < -0.4 is 0 Å². The topological polar surface area (TPSA) is 95.9 Å². The van der Waals surface area contributed by atoms with Crippen molar-refractivity contribution in [2.75, 3.05) is 19.7 Å². The zero-order valence-electron chi connectivity index (χ0n) is 14.9. The number of hydrogen-bond acceptors (Lipinski definition) is 6. The van der Waals surface area contributed by atoms with Gasteiger partial charge in [0, 0.05) is 17.6 Å². The fraction of sp³-hybridized carbons (Fsp3) is 0.667. The van der Waals surface area contributed by atoms with Crippen molar-refractivity contribution in [2.24, 2.45) is 5.92 Å². The van der Waals surface area contributed by atoms with Gasteiger partial charge < -0.3 is 24.4 Å². The van der Waals surface area contributed by atoms with Crippen LogP contribution in [0.1, 0.15) is 33.6 Å². The predicted octanol–water partition coefficient (Wildman–Crippen LogP) is 1.21. The molecule has 0 bridgehead atoms. The third-order valence-corrected chi connectivity index (χ3v) is 5.83. The molecule has 7 nitrogen and oxygen atoms in total. The van der Waals surface area contributed by atoms with E-state index in [-0.39, 0.29) is 19.6 Å². The van der Waals surface area contributed by atoms with Crippen molar-refractivity contribution in [3.05, 3.63) is 28.5 Å². The van der Waals surface area contributed by atoms with Crippen molar-refractivity contribution in [3.8, 4) is 0 Å². The lowest BCUT2D eigenvalue weighted by Crippen LogP contribution is -2.49. The molecule has 7 heteroatoms. The van der Waals surface area contributed by atoms with E-state index in [1.807, 2.05) is 0 Å². The Morgan fingerprint density at radius 2 is 2.16 bits per heavy atom. The maximum atomic E-state index is 12.9. The molecule has 0 saturated carbocycles. The van der Waals surface area contributed by atoms with Gasteiger partial charge in [0.05, 0.1) is 13.1 Å². The molecule has 3 aliphatic rings. The molecule has 3 heterocycles. The summed E-state index contributed by atoms with van der Waals surface area (Å²) in [5, 5.41) is 23.5. The van der Waals surface area contributed by atoms with Crippen LogP contribution in [-0.2, 0) is 19.1 Å². The summed E-state index contributed by atoms with van der Waals surface area (Å²) in [7, 11) is 0. The van der Waals surface area contributed by atoms with E-state index in [0.29, 0.717) is 24.1 Å². The summed E-state index contributed by atoms with van der Waals surface area (Å²) in [5.41, 5.74) is -0.670. The minimum Gasteiger partial charge on any atom is -0.632 e. The van der Waals surface area contributed by atoms with Crippen LogP contribution in [0.2, 0.25) is 0 Å². The van der Waals surface area contributed by atoms with Gasteiger partial charge >= 0.3 is 11.9 Å². The average Bonchev–Trinajstić information content (AvgIpc) is 3.05. The molecule has 3 aliphatic heterocycles. The number of cyclic esters (lactones) is 1. The van der Waals surface area contributed by atoms with Crippen LogP contribution in [0.3, 0.4) is 0 Å². The first-order valence-corrected chi connectivity index (χ1v) is 8.71. The van der Waals surface area contributed by atoms with Crippen molar-refractivity contribution >= 4 is 11.9 Å². The van der Waals surface area contributed by atoms with Crippen LogP contribution in [0.15, 0.2) is 23.3 Å². The lowest BCUT2D eigenvalue weighted by atomic mass is 9.85. The Kier molecular flexibility index (Phi) is 4.51. The largest absolute Gasteiger partial charge is 0.632 e. The fourth-order valence-corrected chi connectivity index (χ4v) is 3.91. The Hall–Kier alpha value is -1.70. The van der Waals surface area contributed by atoms with Gasteiger partial charge in [-0.2, -0.15) is 0 Å². The molecule has 3 rings (SSSR count). The van der Waals surface area contributed by atoms with Crippen LogP contribution in [0.5, 0.6) is 0 Å². The number of hydrogen-bond donors (Lipinski definition) is 1. The molecule has 0 radical (unpaired) electrons. The normalized spacial score (nSPS) is 43.6. The van der Waals surface area contributed by atoms with Crippen LogP contribution in [0, 0.1) is 11.1 Å². The van der Waals surface area contributed by atoms with Crippen molar-refractivity contribution in [3.63, 3.8) is 0 Å². The van der Waals surface area contributed by atoms with Crippen molar-refractivity contribution in [2.45, 2.75) is 51.4 Å². The average molecular weight is 351 g/mol. The highest BCUT2D eigenvalue weighted by Gasteiger charge is 2.51. The number of hydroxylamine groups is 3. The quantitative estimate of drug-likeness (QED) is 0.232. The minimum absolute atomic E-state index is 0.0564. The molecule has 0 aliphatic carbocycles. The standard InChI is InChI=1S/C18H25NO6/c1-4-12-9-11(2)18(3,22)17(21)24-10-13-5-7-19(23)8-6-14(15(13)19)25-16(12)20/h4-5,11,14-15,22H,6-10H2,1-3H3/b12-4+. The zero-order chi connectivity index (χ0) is 18.4. The number of ether oxygens (including phenoxy) is 2. The Labute approximate surface area is 147 Å². The molecule has 2 saturated heterocycles. The predicted molar refractivity (Wildman–Crippen MR) is 88.9 cm³/mol. The summed E-state index contributed by atoms with van der Waals surface area (Å²) >= 11 is 0. The molecule has 0 aromatic rings. The summed E-state index contributed by atoms with van der Waals surface area (Å²) in [6, 6.07) is -0.531. The number of rotatable bonds is 0. The Morgan fingerprint density at radius 3 is 2.84 bits per heavy atom. The monoisotopic (exact) mass is 351 g/mol. The highest BCUT2D eigenvalue weighted by Crippen LogP contribution is 2.39. The highest BCUT2D eigenvalue weighted by atomic mass is 16.6. The Bertz CT molecular complexity index is 652. The van der Waals surface area contributed by atoms with E-state index in [2.05, 4.69) is 0 Å². The number of allylic oxidation sites excluding steroid dienone is 1. The molecule has 0 amide bonds. The highest BCUT2D eigenvalue weighted by molar-refractivity contribution is 5.89. The van der Waals surface area contributed by atoms with Gasteiger partial charge in [-0.15, -0.1) is 0 Å². The van der Waals surface area contributed by atoms with E-state index in [4.69, 9.17) is 9.47 Å². The summed E-state index contributed by atoms with van der Waals surface area (Å²) in [4.78, 5) is 24.9. The Morgan fingerprint density at radius 1 is 1.44 bits per heavy atom. The summed E-state index contributed by atoms with van der Waals surface area (Å²) < 4.78 is 10.5. The van der Waals surface area contributed by atoms with E-state index >= 15 is 0 Å². The smallest absolute Gasteiger partial charge is 0.338 e. The lowest BCUT2D eigenvalue weighted by molar-refractivity contribution is -0.877. The van der Waals surface area contributed by atoms with Crippen molar-refractivity contribution in [1.82, 2.24) is 0 Å². The number of nitrogens with zero attached hydrogens (tertiary/aromatic N) is 1. The van der Waals surface area contributed by atoms with Gasteiger partial charge in [0.25, 0.3) is 0 Å². The third kappa shape index (κ3) is 3.01. The second kappa shape index (κ2) is 6.23. The van der Waals surface area contributed by atoms with Gasteiger partial charge in [-0.3, -0.25) is 0 Å². The van der Waals surface area contributed by atoms with Gasteiger partial charge in [0.2, 0.25) is 0 Å². The first-order valence-electron chi connectivity index (χ1n) is 8.71. The number of quaternary nitrogens is 1. The molecule has 25 heavy (non-hydrogen) atoms. The maximum absolute atomic E-state index is 12.9. The first-order chi connectivity index (χ1) is 11.7. The van der Waals surface area contributed by atoms with Gasteiger partial charge in [-0.25, -0.2) is 9.59 Å². The van der Waals surface area contributed by atoms with Crippen molar-refractivity contribution < 1.29 is 28.8 Å². The lowest BCUT2D eigenvalue weighted by Gasteiger charge is -2.41. The molecule has 1 N–H and O–H groups in total. The molecular formula is C18H25NO6. The Balaban J connectivity index is 1.94. The van der Waals surface area contributed by atoms with E-state index in [1.165, 1.54) is 6.92 Å². The number of carbonyl (C=O) groups is 2. The van der Waals surface area contributed by atoms with E-state index in [9.17, 15) is 19.9 Å². The van der Waals surface area contributed by atoms with Gasteiger partial charge in [-0.1, -0.05) is 13.0 Å². The molecule has 0 spiro atoms. The van der Waals surface area contributed by atoms with Gasteiger partial charge in [0.1, 0.15) is 6.61 Å². The second-order valence-corrected chi connectivity index (χ2v) is 7.46. The molecule has 0 aromatic heterocycles. The van der Waals surface area contributed by atoms with E-state index in [1.54, 1.807) is 26.0 Å². The van der Waals surface area contributed by atoms with Crippen LogP contribution >= 0.6 is 0 Å². The minimum atomic E-state index is -1.73. The van der Waals surface area contributed by atoms with Gasteiger partial charge in [0.15, 0.2) is 17.7 Å². The first kappa shape index (κ1) is 18.1. The molecule has 5 atom stereocenters. The summed E-state index contributed by atoms with van der Waals surface area (Å²) in [6.07, 6.45) is 3.57. The fourth-order valence-electron chi connectivity index (χ4n) is 3.91. The molecule has 2 fully saturated rings. The van der Waals surface area contributed by atoms with Crippen LogP contribution in [-0.4, -0.2) is 59.1 Å². The summed E-state index contributed by atoms with van der Waals surface area (Å²) in [6.45, 7) is 5.39. The van der Waals surface area contributed by atoms with Crippen LogP contribution in [0.25, 0.3) is 0 Å². The SMILES string of the molecule is C/C=C1\CC(C)C(C)(O)C(=O)OCC2=CC[N+]3([O-])CCC(OC1=O)C23. The number of carbonyl (C=O) groups excluding carboxylic acids is 2. The maximum Gasteiger partial charge on any atom is 0.338 e. The van der Waals surface area contributed by atoms with Crippen LogP contribution in [0.4, 0.5) is 0 Å². The van der Waals surface area contributed by atoms with Gasteiger partial charge in [-0.05, 0) is 32.3 Å². The third-order valence-electron chi connectivity index (χ3n) is 5.83. The molecule has 0 aromatic carbocycles. The molecule has 138 valence electrons. The molecule has 5 unspecified atom stereocenters. The summed E-state index contributed by atoms with van der Waals surface area (Å²) in [5.74, 6) is -1.75. The number of aliphatic hydroxyl groups is 1. The molecular weight excluding hydrogens is 326 g/mol. The van der Waals surface area contributed by atoms with E-state index in [0.717, 1.165) is 0 Å². The second-order valence-electron chi connectivity index (χ2n) is 7.46. The van der Waals surface area contributed by atoms with E-state index < -0.39 is 40.2 Å².